The molecule has 0 atom stereocenters. The Balaban J connectivity index is 1.85. The summed E-state index contributed by atoms with van der Waals surface area (Å²) in [5.74, 6) is -0.0863. The number of hydrogen-bond acceptors (Lipinski definition) is 5. The second-order valence-corrected chi connectivity index (χ2v) is 7.60. The first-order valence-corrected chi connectivity index (χ1v) is 9.76. The lowest BCUT2D eigenvalue weighted by atomic mass is 10.1. The minimum absolute atomic E-state index is 0.0108. The van der Waals surface area contributed by atoms with Crippen molar-refractivity contribution in [1.29, 1.82) is 5.26 Å². The van der Waals surface area contributed by atoms with E-state index in [0.29, 0.717) is 17.0 Å². The van der Waals surface area contributed by atoms with Crippen molar-refractivity contribution in [2.45, 2.75) is 34.3 Å². The van der Waals surface area contributed by atoms with E-state index in [4.69, 9.17) is 9.26 Å². The molecule has 0 aliphatic heterocycles. The quantitative estimate of drug-likeness (QED) is 0.304. The Kier molecular flexibility index (Phi) is 6.04. The molecule has 3 aromatic rings. The maximum atomic E-state index is 12.4. The Labute approximate surface area is 177 Å². The van der Waals surface area contributed by atoms with Gasteiger partial charge < -0.3 is 13.8 Å². The largest absolute Gasteiger partial charge is 0.456 e. The van der Waals surface area contributed by atoms with Gasteiger partial charge in [0.15, 0.2) is 0 Å². The monoisotopic (exact) mass is 453 g/mol. The van der Waals surface area contributed by atoms with Gasteiger partial charge in [-0.2, -0.15) is 5.26 Å². The van der Waals surface area contributed by atoms with Crippen LogP contribution < -0.4 is 0 Å². The molecule has 0 fully saturated rings. The van der Waals surface area contributed by atoms with E-state index in [-0.39, 0.29) is 12.2 Å². The van der Waals surface area contributed by atoms with Gasteiger partial charge in [0.05, 0.1) is 11.3 Å². The molecule has 6 nitrogen and oxygen atoms in total. The van der Waals surface area contributed by atoms with Crippen molar-refractivity contribution in [1.82, 2.24) is 9.72 Å². The SMILES string of the molecule is Cc1noc(C)c1COC(=O)/C(C#N)=C/c1cc(C)n(-c2ccc(Br)cc2)c1C. The zero-order chi connectivity index (χ0) is 21.1. The molecule has 0 bridgehead atoms. The average Bonchev–Trinajstić information content (AvgIpc) is 3.16. The van der Waals surface area contributed by atoms with Crippen molar-refractivity contribution in [2.24, 2.45) is 0 Å². The molecule has 0 aliphatic rings. The van der Waals surface area contributed by atoms with Gasteiger partial charge in [0, 0.05) is 21.5 Å². The van der Waals surface area contributed by atoms with Gasteiger partial charge >= 0.3 is 5.97 Å². The van der Waals surface area contributed by atoms with Crippen LogP contribution in [-0.2, 0) is 16.1 Å². The third-order valence-corrected chi connectivity index (χ3v) is 5.25. The second kappa shape index (κ2) is 8.50. The fourth-order valence-electron chi connectivity index (χ4n) is 3.14. The van der Waals surface area contributed by atoms with E-state index in [2.05, 4.69) is 25.7 Å². The summed E-state index contributed by atoms with van der Waals surface area (Å²) in [5.41, 5.74) is 5.03. The highest BCUT2D eigenvalue weighted by Crippen LogP contribution is 2.24. The molecule has 148 valence electrons. The van der Waals surface area contributed by atoms with Crippen molar-refractivity contribution in [3.63, 3.8) is 0 Å². The molecule has 0 amide bonds. The van der Waals surface area contributed by atoms with Crippen LogP contribution in [0.25, 0.3) is 11.8 Å². The molecule has 3 rings (SSSR count). The summed E-state index contributed by atoms with van der Waals surface area (Å²) in [6.45, 7) is 7.47. The number of esters is 1. The number of aryl methyl sites for hydroxylation is 3. The summed E-state index contributed by atoms with van der Waals surface area (Å²) in [4.78, 5) is 12.4. The van der Waals surface area contributed by atoms with Gasteiger partial charge in [0.2, 0.25) is 0 Å². The molecule has 2 aromatic heterocycles. The van der Waals surface area contributed by atoms with E-state index < -0.39 is 5.97 Å². The minimum Gasteiger partial charge on any atom is -0.456 e. The van der Waals surface area contributed by atoms with Crippen LogP contribution in [0.2, 0.25) is 0 Å². The second-order valence-electron chi connectivity index (χ2n) is 6.69. The molecule has 7 heteroatoms. The van der Waals surface area contributed by atoms with E-state index in [9.17, 15) is 10.1 Å². The van der Waals surface area contributed by atoms with Crippen LogP contribution in [-0.4, -0.2) is 15.7 Å². The summed E-state index contributed by atoms with van der Waals surface area (Å²) >= 11 is 3.44. The third-order valence-electron chi connectivity index (χ3n) is 4.72. The summed E-state index contributed by atoms with van der Waals surface area (Å²) in [6, 6.07) is 11.8. The summed E-state index contributed by atoms with van der Waals surface area (Å²) in [5, 5.41) is 13.3. The normalized spacial score (nSPS) is 11.4. The summed E-state index contributed by atoms with van der Waals surface area (Å²) in [7, 11) is 0. The molecule has 0 saturated carbocycles. The highest BCUT2D eigenvalue weighted by Gasteiger charge is 2.17. The number of rotatable bonds is 5. The zero-order valence-corrected chi connectivity index (χ0v) is 18.2. The summed E-state index contributed by atoms with van der Waals surface area (Å²) < 4.78 is 13.4. The van der Waals surface area contributed by atoms with Crippen LogP contribution in [0.4, 0.5) is 0 Å². The standard InChI is InChI=1S/C22H20BrN3O3/c1-13-9-17(15(3)26(13)20-7-5-19(23)6-8-20)10-18(11-24)22(27)28-12-21-14(2)25-29-16(21)4/h5-10H,12H2,1-4H3/b18-10+. The number of carbonyl (C=O) groups excluding carboxylic acids is 1. The number of nitrogens with zero attached hydrogens (tertiary/aromatic N) is 3. The lowest BCUT2D eigenvalue weighted by Gasteiger charge is -2.09. The van der Waals surface area contributed by atoms with Crippen LogP contribution in [0, 0.1) is 39.0 Å². The molecule has 2 heterocycles. The Morgan fingerprint density at radius 1 is 1.28 bits per heavy atom. The number of halogens is 1. The van der Waals surface area contributed by atoms with E-state index in [1.807, 2.05) is 50.2 Å². The predicted octanol–water partition coefficient (Wildman–Crippen LogP) is 5.11. The van der Waals surface area contributed by atoms with Crippen LogP contribution in [0.3, 0.4) is 0 Å². The Hall–Kier alpha value is -3.11. The smallest absolute Gasteiger partial charge is 0.349 e. The first kappa shape index (κ1) is 20.6. The van der Waals surface area contributed by atoms with Gasteiger partial charge in [0.1, 0.15) is 24.0 Å². The third kappa shape index (κ3) is 4.33. The Bertz CT molecular complexity index is 1110. The van der Waals surface area contributed by atoms with E-state index in [1.54, 1.807) is 19.9 Å². The molecule has 0 unspecified atom stereocenters. The molecule has 0 radical (unpaired) electrons. The van der Waals surface area contributed by atoms with Crippen molar-refractivity contribution in [2.75, 3.05) is 0 Å². The number of carbonyl (C=O) groups is 1. The van der Waals surface area contributed by atoms with Crippen molar-refractivity contribution < 1.29 is 14.1 Å². The average molecular weight is 454 g/mol. The van der Waals surface area contributed by atoms with Crippen molar-refractivity contribution >= 4 is 28.0 Å². The van der Waals surface area contributed by atoms with Gasteiger partial charge in [-0.25, -0.2) is 4.79 Å². The minimum atomic E-state index is -0.680. The highest BCUT2D eigenvalue weighted by atomic mass is 79.9. The lowest BCUT2D eigenvalue weighted by molar-refractivity contribution is -0.139. The summed E-state index contributed by atoms with van der Waals surface area (Å²) in [6.07, 6.45) is 1.56. The van der Waals surface area contributed by atoms with Gasteiger partial charge in [-0.15, -0.1) is 0 Å². The fraction of sp³-hybridized carbons (Fsp3) is 0.227. The fourth-order valence-corrected chi connectivity index (χ4v) is 3.40. The number of aromatic nitrogens is 2. The molecule has 1 aromatic carbocycles. The first-order chi connectivity index (χ1) is 13.8. The van der Waals surface area contributed by atoms with Gasteiger partial charge in [-0.1, -0.05) is 21.1 Å². The number of ether oxygens (including phenoxy) is 1. The van der Waals surface area contributed by atoms with Crippen LogP contribution in [0.5, 0.6) is 0 Å². The molecular weight excluding hydrogens is 434 g/mol. The molecule has 0 spiro atoms. The molecule has 0 aliphatic carbocycles. The number of benzene rings is 1. The molecule has 0 N–H and O–H groups in total. The maximum Gasteiger partial charge on any atom is 0.349 e. The van der Waals surface area contributed by atoms with Crippen LogP contribution in [0.1, 0.15) is 34.0 Å². The number of hydrogen-bond donors (Lipinski definition) is 0. The highest BCUT2D eigenvalue weighted by molar-refractivity contribution is 9.10. The maximum absolute atomic E-state index is 12.4. The predicted molar refractivity (Wildman–Crippen MR) is 112 cm³/mol. The zero-order valence-electron chi connectivity index (χ0n) is 16.6. The van der Waals surface area contributed by atoms with Crippen LogP contribution in [0.15, 0.2) is 44.9 Å². The Morgan fingerprint density at radius 2 is 1.97 bits per heavy atom. The van der Waals surface area contributed by atoms with Gasteiger partial charge in [0.25, 0.3) is 0 Å². The van der Waals surface area contributed by atoms with Gasteiger partial charge in [-0.05, 0) is 69.7 Å². The van der Waals surface area contributed by atoms with Crippen LogP contribution >= 0.6 is 15.9 Å². The molecular formula is C22H20BrN3O3. The first-order valence-electron chi connectivity index (χ1n) is 8.97. The van der Waals surface area contributed by atoms with E-state index in [0.717, 1.165) is 27.1 Å². The van der Waals surface area contributed by atoms with E-state index >= 15 is 0 Å². The Morgan fingerprint density at radius 3 is 2.55 bits per heavy atom. The van der Waals surface area contributed by atoms with Gasteiger partial charge in [-0.3, -0.25) is 0 Å². The molecule has 0 saturated heterocycles. The van der Waals surface area contributed by atoms with Crippen molar-refractivity contribution in [3.05, 3.63) is 74.3 Å². The topological polar surface area (TPSA) is 81.1 Å². The number of nitriles is 1. The van der Waals surface area contributed by atoms with E-state index in [1.165, 1.54) is 0 Å². The lowest BCUT2D eigenvalue weighted by Crippen LogP contribution is -2.07. The van der Waals surface area contributed by atoms with Crippen molar-refractivity contribution in [3.8, 4) is 11.8 Å². The molecule has 29 heavy (non-hydrogen) atoms.